The van der Waals surface area contributed by atoms with Crippen molar-refractivity contribution in [3.05, 3.63) is 258 Å². The van der Waals surface area contributed by atoms with Crippen molar-refractivity contribution < 1.29 is 0 Å². The molecule has 2 aliphatic rings. The second kappa shape index (κ2) is 16.0. The molecule has 0 heterocycles. The molecule has 10 aromatic rings. The monoisotopic (exact) mass is 819 g/mol. The van der Waals surface area contributed by atoms with E-state index in [4.69, 9.17) is 0 Å². The summed E-state index contributed by atoms with van der Waals surface area (Å²) in [7, 11) is 0. The zero-order chi connectivity index (χ0) is 42.5. The number of fused-ring (bicyclic) bond motifs is 5. The molecule has 12 rings (SSSR count). The van der Waals surface area contributed by atoms with Crippen molar-refractivity contribution >= 4 is 38.6 Å². The summed E-state index contributed by atoms with van der Waals surface area (Å²) in [6, 6.07) is 86.3. The van der Waals surface area contributed by atoms with Gasteiger partial charge in [-0.15, -0.1) is 0 Å². The Balaban J connectivity index is 1.16. The predicted octanol–water partition coefficient (Wildman–Crippen LogP) is 17.2. The van der Waals surface area contributed by atoms with E-state index >= 15 is 0 Å². The van der Waals surface area contributed by atoms with E-state index in [0.717, 1.165) is 17.1 Å². The minimum atomic E-state index is -0.532. The zero-order valence-corrected chi connectivity index (χ0v) is 36.0. The van der Waals surface area contributed by atoms with E-state index in [1.807, 2.05) is 0 Å². The summed E-state index contributed by atoms with van der Waals surface area (Å²) in [4.78, 5) is 2.57. The van der Waals surface area contributed by atoms with Gasteiger partial charge >= 0.3 is 0 Å². The number of para-hydroxylation sites is 2. The molecule has 0 unspecified atom stereocenters. The first kappa shape index (κ1) is 38.2. The van der Waals surface area contributed by atoms with Crippen molar-refractivity contribution in [1.82, 2.24) is 0 Å². The topological polar surface area (TPSA) is 3.24 Å². The number of benzene rings is 10. The van der Waals surface area contributed by atoms with Crippen LogP contribution in [0.2, 0.25) is 0 Å². The second-order valence-electron chi connectivity index (χ2n) is 17.7. The summed E-state index contributed by atoms with van der Waals surface area (Å²) in [5, 5.41) is 5.18. The highest BCUT2D eigenvalue weighted by molar-refractivity contribution is 6.06. The Morgan fingerprint density at radius 3 is 1.59 bits per heavy atom. The van der Waals surface area contributed by atoms with E-state index in [1.165, 1.54) is 115 Å². The molecule has 10 aromatic carbocycles. The molecule has 64 heavy (non-hydrogen) atoms. The minimum absolute atomic E-state index is 0.532. The first-order valence-corrected chi connectivity index (χ1v) is 23.1. The molecule has 2 aliphatic carbocycles. The first-order chi connectivity index (χ1) is 31.8. The van der Waals surface area contributed by atoms with Gasteiger partial charge in [0.25, 0.3) is 0 Å². The molecule has 0 aromatic heterocycles. The second-order valence-corrected chi connectivity index (χ2v) is 17.7. The Bertz CT molecular complexity index is 3270. The number of anilines is 3. The summed E-state index contributed by atoms with van der Waals surface area (Å²) >= 11 is 0. The van der Waals surface area contributed by atoms with Crippen molar-refractivity contribution in [2.45, 2.75) is 43.4 Å². The van der Waals surface area contributed by atoms with Gasteiger partial charge in [-0.05, 0) is 115 Å². The molecule has 306 valence electrons. The van der Waals surface area contributed by atoms with Gasteiger partial charge in [0.1, 0.15) is 0 Å². The van der Waals surface area contributed by atoms with Crippen LogP contribution in [0.5, 0.6) is 0 Å². The molecular formula is C63H49N. The number of hydrogen-bond acceptors (Lipinski definition) is 1. The van der Waals surface area contributed by atoms with Crippen molar-refractivity contribution in [3.63, 3.8) is 0 Å². The lowest BCUT2D eigenvalue weighted by atomic mass is 9.67. The zero-order valence-electron chi connectivity index (χ0n) is 36.0. The molecule has 0 atom stereocenters. The van der Waals surface area contributed by atoms with Crippen LogP contribution in [0.3, 0.4) is 0 Å². The maximum absolute atomic E-state index is 2.57. The highest BCUT2D eigenvalue weighted by Gasteiger charge is 2.46. The smallest absolute Gasteiger partial charge is 0.0714 e. The molecule has 0 N–H and O–H groups in total. The Hall–Kier alpha value is -7.48. The fourth-order valence-corrected chi connectivity index (χ4v) is 11.6. The summed E-state index contributed by atoms with van der Waals surface area (Å²) in [6.07, 6.45) is 6.44. The van der Waals surface area contributed by atoms with Crippen LogP contribution in [0.25, 0.3) is 54.9 Å². The van der Waals surface area contributed by atoms with Crippen molar-refractivity contribution in [3.8, 4) is 33.4 Å². The third-order valence-corrected chi connectivity index (χ3v) is 14.3. The van der Waals surface area contributed by atoms with Crippen LogP contribution in [0, 0.1) is 0 Å². The van der Waals surface area contributed by atoms with Gasteiger partial charge in [-0.25, -0.2) is 0 Å². The largest absolute Gasteiger partial charge is 0.309 e. The van der Waals surface area contributed by atoms with E-state index in [0.29, 0.717) is 5.92 Å². The van der Waals surface area contributed by atoms with Crippen LogP contribution in [0.1, 0.15) is 65.8 Å². The predicted molar refractivity (Wildman–Crippen MR) is 270 cm³/mol. The molecule has 0 radical (unpaired) electrons. The van der Waals surface area contributed by atoms with Gasteiger partial charge in [0, 0.05) is 16.8 Å². The maximum Gasteiger partial charge on any atom is 0.0714 e. The van der Waals surface area contributed by atoms with E-state index in [9.17, 15) is 0 Å². The molecule has 1 heteroatoms. The third-order valence-electron chi connectivity index (χ3n) is 14.3. The van der Waals surface area contributed by atoms with Crippen molar-refractivity contribution in [2.75, 3.05) is 4.90 Å². The van der Waals surface area contributed by atoms with E-state index < -0.39 is 5.41 Å². The average molecular weight is 820 g/mol. The van der Waals surface area contributed by atoms with Crippen LogP contribution >= 0.6 is 0 Å². The molecule has 1 saturated carbocycles. The quantitative estimate of drug-likeness (QED) is 0.148. The SMILES string of the molecule is c1ccc(C2(c3ccccc3)c3ccccc3-c3ccc(N(c4ccccc4-c4cccc5ccccc45)c4ccccc4-c4cccc5cccc(C6CCCCC6)c45)cc32)cc1. The van der Waals surface area contributed by atoms with E-state index in [1.54, 1.807) is 0 Å². The van der Waals surface area contributed by atoms with Crippen LogP contribution in [0.4, 0.5) is 17.1 Å². The van der Waals surface area contributed by atoms with Gasteiger partial charge in [-0.1, -0.05) is 226 Å². The Labute approximate surface area is 376 Å². The van der Waals surface area contributed by atoms with Crippen LogP contribution in [-0.2, 0) is 5.41 Å². The minimum Gasteiger partial charge on any atom is -0.309 e. The third kappa shape index (κ3) is 6.14. The standard InChI is InChI=1S/C63H49N/c1-4-21-45(22-5-1)51-35-19-25-46-26-20-37-57(62(46)51)56-34-14-17-40-61(56)64(60-39-16-13-33-55(60)52-36-18-24-44-23-10-11-31-50(44)52)49-41-42-54-53-32-12-15-38-58(53)63(59(54)43-49,47-27-6-2-7-28-47)48-29-8-3-9-30-48/h2-3,6-20,23-43,45H,1,4-5,21-22H2. The average Bonchev–Trinajstić information content (AvgIpc) is 3.67. The Morgan fingerprint density at radius 2 is 0.875 bits per heavy atom. The van der Waals surface area contributed by atoms with Gasteiger partial charge in [0.15, 0.2) is 0 Å². The van der Waals surface area contributed by atoms with Crippen LogP contribution < -0.4 is 4.90 Å². The van der Waals surface area contributed by atoms with E-state index in [-0.39, 0.29) is 0 Å². The molecule has 0 saturated heterocycles. The van der Waals surface area contributed by atoms with Gasteiger partial charge in [0.2, 0.25) is 0 Å². The van der Waals surface area contributed by atoms with Crippen LogP contribution in [0.15, 0.2) is 231 Å². The van der Waals surface area contributed by atoms with Gasteiger partial charge in [0.05, 0.1) is 16.8 Å². The van der Waals surface area contributed by atoms with Crippen molar-refractivity contribution in [2.24, 2.45) is 0 Å². The summed E-state index contributed by atoms with van der Waals surface area (Å²) in [5.74, 6) is 0.566. The first-order valence-electron chi connectivity index (χ1n) is 23.1. The maximum atomic E-state index is 2.57. The van der Waals surface area contributed by atoms with Gasteiger partial charge in [-0.2, -0.15) is 0 Å². The highest BCUT2D eigenvalue weighted by Crippen LogP contribution is 2.58. The summed E-state index contributed by atoms with van der Waals surface area (Å²) in [5.41, 5.74) is 17.0. The molecule has 1 nitrogen and oxygen atoms in total. The number of nitrogens with zero attached hydrogens (tertiary/aromatic N) is 1. The molecule has 1 fully saturated rings. The Kier molecular flexibility index (Phi) is 9.56. The number of hydrogen-bond donors (Lipinski definition) is 0. The lowest BCUT2D eigenvalue weighted by Gasteiger charge is -2.35. The lowest BCUT2D eigenvalue weighted by molar-refractivity contribution is 0.445. The fourth-order valence-electron chi connectivity index (χ4n) is 11.6. The summed E-state index contributed by atoms with van der Waals surface area (Å²) in [6.45, 7) is 0. The molecular weight excluding hydrogens is 771 g/mol. The van der Waals surface area contributed by atoms with Crippen molar-refractivity contribution in [1.29, 1.82) is 0 Å². The van der Waals surface area contributed by atoms with Gasteiger partial charge in [-0.3, -0.25) is 0 Å². The Morgan fingerprint density at radius 1 is 0.359 bits per heavy atom. The molecule has 0 amide bonds. The lowest BCUT2D eigenvalue weighted by Crippen LogP contribution is -2.28. The highest BCUT2D eigenvalue weighted by atomic mass is 15.1. The molecule has 0 bridgehead atoms. The van der Waals surface area contributed by atoms with E-state index in [2.05, 4.69) is 235 Å². The van der Waals surface area contributed by atoms with Crippen LogP contribution in [-0.4, -0.2) is 0 Å². The molecule has 0 spiro atoms. The normalized spacial score (nSPS) is 14.3. The fraction of sp³-hybridized carbons (Fsp3) is 0.111. The molecule has 0 aliphatic heterocycles. The van der Waals surface area contributed by atoms with Gasteiger partial charge < -0.3 is 4.90 Å². The number of rotatable bonds is 8. The summed E-state index contributed by atoms with van der Waals surface area (Å²) < 4.78 is 0.